The number of nitrogens with zero attached hydrogens (tertiary/aromatic N) is 2. The van der Waals surface area contributed by atoms with Crippen molar-refractivity contribution in [2.75, 3.05) is 65.7 Å². The zero-order chi connectivity index (χ0) is 14.2. The van der Waals surface area contributed by atoms with Crippen LogP contribution in [0.1, 0.15) is 6.42 Å². The van der Waals surface area contributed by atoms with Gasteiger partial charge in [0.2, 0.25) is 0 Å². The molecule has 7 nitrogen and oxygen atoms in total. The van der Waals surface area contributed by atoms with Crippen molar-refractivity contribution in [2.45, 2.75) is 6.42 Å². The van der Waals surface area contributed by atoms with Crippen LogP contribution in [0.25, 0.3) is 0 Å². The molecule has 0 aliphatic carbocycles. The van der Waals surface area contributed by atoms with Crippen molar-refractivity contribution in [2.24, 2.45) is 0 Å². The van der Waals surface area contributed by atoms with Crippen LogP contribution in [-0.2, 0) is 19.1 Å². The highest BCUT2D eigenvalue weighted by molar-refractivity contribution is 6.35. The second-order valence-corrected chi connectivity index (χ2v) is 4.97. The Bertz CT molecular complexity index is 326. The molecule has 0 aromatic heterocycles. The van der Waals surface area contributed by atoms with E-state index in [9.17, 15) is 9.59 Å². The Kier molecular flexibility index (Phi) is 6.23. The summed E-state index contributed by atoms with van der Waals surface area (Å²) in [6.45, 7) is 6.93. The van der Waals surface area contributed by atoms with Gasteiger partial charge in [-0.2, -0.15) is 0 Å². The van der Waals surface area contributed by atoms with Gasteiger partial charge in [-0.15, -0.1) is 0 Å². The van der Waals surface area contributed by atoms with Crippen LogP contribution >= 0.6 is 0 Å². The van der Waals surface area contributed by atoms with Crippen LogP contribution in [-0.4, -0.2) is 87.3 Å². The van der Waals surface area contributed by atoms with E-state index in [1.165, 1.54) is 0 Å². The third-order valence-electron chi connectivity index (χ3n) is 3.53. The molecule has 1 N–H and O–H groups in total. The second-order valence-electron chi connectivity index (χ2n) is 4.97. The number of hydrogen-bond acceptors (Lipinski definition) is 5. The molecule has 0 atom stereocenters. The van der Waals surface area contributed by atoms with E-state index >= 15 is 0 Å². The maximum absolute atomic E-state index is 11.8. The maximum Gasteiger partial charge on any atom is 0.312 e. The molecule has 2 aliphatic heterocycles. The van der Waals surface area contributed by atoms with Gasteiger partial charge in [-0.1, -0.05) is 0 Å². The summed E-state index contributed by atoms with van der Waals surface area (Å²) in [5, 5.41) is 2.69. The lowest BCUT2D eigenvalue weighted by Gasteiger charge is -2.27. The van der Waals surface area contributed by atoms with Gasteiger partial charge in [-0.3, -0.25) is 14.5 Å². The Hall–Kier alpha value is -1.18. The van der Waals surface area contributed by atoms with Crippen LogP contribution in [0.3, 0.4) is 0 Å². The van der Waals surface area contributed by atoms with E-state index < -0.39 is 11.8 Å². The van der Waals surface area contributed by atoms with E-state index in [0.717, 1.165) is 39.3 Å². The fourth-order valence-corrected chi connectivity index (χ4v) is 2.32. The molecule has 0 bridgehead atoms. The highest BCUT2D eigenvalue weighted by Crippen LogP contribution is 1.99. The second kappa shape index (κ2) is 8.18. The minimum Gasteiger partial charge on any atom is -0.379 e. The summed E-state index contributed by atoms with van der Waals surface area (Å²) >= 11 is 0. The summed E-state index contributed by atoms with van der Waals surface area (Å²) in [7, 11) is 0. The zero-order valence-electron chi connectivity index (χ0n) is 11.8. The van der Waals surface area contributed by atoms with Crippen molar-refractivity contribution < 1.29 is 19.1 Å². The normalized spacial score (nSPS) is 20.7. The lowest BCUT2D eigenvalue weighted by atomic mass is 10.3. The molecular weight excluding hydrogens is 262 g/mol. The molecule has 20 heavy (non-hydrogen) atoms. The van der Waals surface area contributed by atoms with Crippen LogP contribution in [0.4, 0.5) is 0 Å². The monoisotopic (exact) mass is 285 g/mol. The Balaban J connectivity index is 1.58. The fourth-order valence-electron chi connectivity index (χ4n) is 2.32. The summed E-state index contributed by atoms with van der Waals surface area (Å²) in [5.41, 5.74) is 0. The number of carbonyl (C=O) groups excluding carboxylic acids is 2. The summed E-state index contributed by atoms with van der Waals surface area (Å²) in [4.78, 5) is 27.4. The maximum atomic E-state index is 11.8. The molecule has 2 rings (SSSR count). The molecule has 2 heterocycles. The van der Waals surface area contributed by atoms with E-state index in [-0.39, 0.29) is 0 Å². The largest absolute Gasteiger partial charge is 0.379 e. The number of ether oxygens (including phenoxy) is 2. The van der Waals surface area contributed by atoms with E-state index in [2.05, 4.69) is 10.2 Å². The molecule has 2 amide bonds. The summed E-state index contributed by atoms with van der Waals surface area (Å²) in [5.74, 6) is -0.950. The highest BCUT2D eigenvalue weighted by atomic mass is 16.5. The fraction of sp³-hybridized carbons (Fsp3) is 0.846. The first-order chi connectivity index (χ1) is 9.77. The average Bonchev–Trinajstić information content (AvgIpc) is 2.52. The first kappa shape index (κ1) is 15.2. The van der Waals surface area contributed by atoms with Gasteiger partial charge in [0.15, 0.2) is 0 Å². The average molecular weight is 285 g/mol. The first-order valence-electron chi connectivity index (χ1n) is 7.22. The summed E-state index contributed by atoms with van der Waals surface area (Å²) in [6.07, 6.45) is 0.849. The van der Waals surface area contributed by atoms with Crippen molar-refractivity contribution >= 4 is 11.8 Å². The minimum atomic E-state index is -0.506. The third-order valence-corrected chi connectivity index (χ3v) is 3.53. The number of amides is 2. The van der Waals surface area contributed by atoms with Crippen molar-refractivity contribution in [3.63, 3.8) is 0 Å². The number of hydrogen-bond donors (Lipinski definition) is 1. The SMILES string of the molecule is O=C(NCCCN1CCOCC1)C(=O)N1CCOCC1. The van der Waals surface area contributed by atoms with Crippen molar-refractivity contribution in [3.05, 3.63) is 0 Å². The van der Waals surface area contributed by atoms with Crippen LogP contribution in [0.2, 0.25) is 0 Å². The molecule has 7 heteroatoms. The molecule has 0 saturated carbocycles. The predicted molar refractivity (Wildman–Crippen MR) is 72.3 cm³/mol. The number of rotatable bonds is 4. The van der Waals surface area contributed by atoms with Crippen molar-refractivity contribution in [1.82, 2.24) is 15.1 Å². The van der Waals surface area contributed by atoms with Crippen LogP contribution in [0, 0.1) is 0 Å². The molecule has 0 spiro atoms. The quantitative estimate of drug-likeness (QED) is 0.513. The molecule has 2 aliphatic rings. The van der Waals surface area contributed by atoms with Gasteiger partial charge in [-0.05, 0) is 13.0 Å². The van der Waals surface area contributed by atoms with E-state index in [1.807, 2.05) is 0 Å². The molecular formula is C13H23N3O4. The van der Waals surface area contributed by atoms with Crippen LogP contribution < -0.4 is 5.32 Å². The van der Waals surface area contributed by atoms with E-state index in [4.69, 9.17) is 9.47 Å². The van der Waals surface area contributed by atoms with E-state index in [0.29, 0.717) is 32.8 Å². The molecule has 0 aromatic rings. The Labute approximate surface area is 119 Å². The lowest BCUT2D eigenvalue weighted by Crippen LogP contribution is -2.48. The Morgan fingerprint density at radius 2 is 1.55 bits per heavy atom. The molecule has 0 unspecified atom stereocenters. The van der Waals surface area contributed by atoms with Crippen molar-refractivity contribution in [3.8, 4) is 0 Å². The molecule has 2 saturated heterocycles. The molecule has 2 fully saturated rings. The number of morpholine rings is 2. The van der Waals surface area contributed by atoms with Gasteiger partial charge in [0.25, 0.3) is 0 Å². The van der Waals surface area contributed by atoms with Gasteiger partial charge in [0.1, 0.15) is 0 Å². The first-order valence-corrected chi connectivity index (χ1v) is 7.22. The minimum absolute atomic E-state index is 0.445. The highest BCUT2D eigenvalue weighted by Gasteiger charge is 2.23. The topological polar surface area (TPSA) is 71.1 Å². The smallest absolute Gasteiger partial charge is 0.312 e. The van der Waals surface area contributed by atoms with Gasteiger partial charge in [0.05, 0.1) is 26.4 Å². The lowest BCUT2D eigenvalue weighted by molar-refractivity contribution is -0.148. The Morgan fingerprint density at radius 1 is 0.950 bits per heavy atom. The molecule has 0 radical (unpaired) electrons. The van der Waals surface area contributed by atoms with Gasteiger partial charge in [-0.25, -0.2) is 0 Å². The Morgan fingerprint density at radius 3 is 2.20 bits per heavy atom. The van der Waals surface area contributed by atoms with Gasteiger partial charge >= 0.3 is 11.8 Å². The van der Waals surface area contributed by atoms with Crippen LogP contribution in [0.15, 0.2) is 0 Å². The van der Waals surface area contributed by atoms with Crippen molar-refractivity contribution in [1.29, 1.82) is 0 Å². The molecule has 0 aromatic carbocycles. The number of nitrogens with one attached hydrogen (secondary N) is 1. The third kappa shape index (κ3) is 4.73. The van der Waals surface area contributed by atoms with E-state index in [1.54, 1.807) is 4.90 Å². The van der Waals surface area contributed by atoms with Crippen LogP contribution in [0.5, 0.6) is 0 Å². The van der Waals surface area contributed by atoms with Gasteiger partial charge in [0, 0.05) is 32.7 Å². The predicted octanol–water partition coefficient (Wildman–Crippen LogP) is -1.32. The number of carbonyl (C=O) groups is 2. The molecule has 114 valence electrons. The zero-order valence-corrected chi connectivity index (χ0v) is 11.8. The summed E-state index contributed by atoms with van der Waals surface area (Å²) < 4.78 is 10.4. The summed E-state index contributed by atoms with van der Waals surface area (Å²) in [6, 6.07) is 0. The van der Waals surface area contributed by atoms with Gasteiger partial charge < -0.3 is 19.7 Å². The standard InChI is InChI=1S/C13H23N3O4/c17-12(13(18)16-6-10-20-11-7-16)14-2-1-3-15-4-8-19-9-5-15/h1-11H2,(H,14,17).